The Morgan fingerprint density at radius 3 is 2.77 bits per heavy atom. The van der Waals surface area contributed by atoms with Gasteiger partial charge in [0.15, 0.2) is 11.6 Å². The van der Waals surface area contributed by atoms with Crippen LogP contribution in [-0.4, -0.2) is 51.9 Å². The Bertz CT molecular complexity index is 1050. The predicted molar refractivity (Wildman–Crippen MR) is 107 cm³/mol. The molecule has 30 heavy (non-hydrogen) atoms. The molecule has 4 rings (SSSR count). The van der Waals surface area contributed by atoms with Crippen molar-refractivity contribution in [3.63, 3.8) is 0 Å². The molecule has 0 amide bonds. The normalized spacial score (nSPS) is 22.4. The van der Waals surface area contributed by atoms with Crippen molar-refractivity contribution < 1.29 is 23.4 Å². The molecule has 2 N–H and O–H groups in total. The predicted octanol–water partition coefficient (Wildman–Crippen LogP) is 2.94. The molecule has 9 heteroatoms. The van der Waals surface area contributed by atoms with E-state index < -0.39 is 23.2 Å². The molecule has 2 atom stereocenters. The van der Waals surface area contributed by atoms with E-state index in [1.165, 1.54) is 6.92 Å². The summed E-state index contributed by atoms with van der Waals surface area (Å²) in [4.78, 5) is 24.3. The van der Waals surface area contributed by atoms with Crippen molar-refractivity contribution >= 4 is 23.1 Å². The summed E-state index contributed by atoms with van der Waals surface area (Å²) in [6.45, 7) is 5.61. The SMILES string of the molecule is CC(=O)C1=Nc2c(F)cc(-c3nc(N[C@@H]4CCOC[C@H]4O)ncc3F)cc2C1(C)C. The highest BCUT2D eigenvalue weighted by Gasteiger charge is 2.39. The summed E-state index contributed by atoms with van der Waals surface area (Å²) in [5, 5.41) is 13.0. The fourth-order valence-electron chi connectivity index (χ4n) is 3.92. The fourth-order valence-corrected chi connectivity index (χ4v) is 3.92. The highest BCUT2D eigenvalue weighted by molar-refractivity contribution is 6.44. The summed E-state index contributed by atoms with van der Waals surface area (Å²) in [6.07, 6.45) is 0.810. The van der Waals surface area contributed by atoms with E-state index in [9.17, 15) is 18.7 Å². The molecular weight excluding hydrogens is 394 g/mol. The Labute approximate surface area is 172 Å². The van der Waals surface area contributed by atoms with Crippen LogP contribution in [0.5, 0.6) is 0 Å². The van der Waals surface area contributed by atoms with Crippen LogP contribution >= 0.6 is 0 Å². The van der Waals surface area contributed by atoms with Gasteiger partial charge < -0.3 is 15.2 Å². The Morgan fingerprint density at radius 2 is 2.07 bits per heavy atom. The molecule has 1 aromatic carbocycles. The summed E-state index contributed by atoms with van der Waals surface area (Å²) in [6, 6.07) is 2.43. The Morgan fingerprint density at radius 1 is 1.30 bits per heavy atom. The number of aliphatic hydroxyl groups excluding tert-OH is 1. The van der Waals surface area contributed by atoms with Crippen LogP contribution in [-0.2, 0) is 14.9 Å². The van der Waals surface area contributed by atoms with Crippen molar-refractivity contribution in [3.05, 3.63) is 35.5 Å². The molecule has 0 saturated carbocycles. The summed E-state index contributed by atoms with van der Waals surface area (Å²) in [5.74, 6) is -1.49. The Balaban J connectivity index is 1.72. The Hall–Kier alpha value is -2.78. The van der Waals surface area contributed by atoms with Gasteiger partial charge in [0.2, 0.25) is 5.95 Å². The zero-order chi connectivity index (χ0) is 21.6. The molecule has 1 saturated heterocycles. The number of hydrogen-bond donors (Lipinski definition) is 2. The molecule has 1 aromatic heterocycles. The smallest absolute Gasteiger partial charge is 0.223 e. The number of ether oxygens (including phenoxy) is 1. The van der Waals surface area contributed by atoms with Crippen LogP contribution in [0.3, 0.4) is 0 Å². The zero-order valence-corrected chi connectivity index (χ0v) is 16.9. The van der Waals surface area contributed by atoms with Gasteiger partial charge in [0.1, 0.15) is 17.2 Å². The van der Waals surface area contributed by atoms with E-state index in [1.54, 1.807) is 19.9 Å². The van der Waals surface area contributed by atoms with E-state index in [-0.39, 0.29) is 47.0 Å². The standard InChI is InChI=1S/C21H22F2N4O3/c1-10(28)19-21(2,3)12-6-11(7-13(22)18(12)26-19)17-14(23)8-24-20(27-17)25-15-4-5-30-9-16(15)29/h6-8,15-16,29H,4-5,9H2,1-3H3,(H,24,25,27)/t15-,16-/m1/s1. The average molecular weight is 416 g/mol. The van der Waals surface area contributed by atoms with Gasteiger partial charge in [0.05, 0.1) is 30.7 Å². The maximum absolute atomic E-state index is 14.8. The van der Waals surface area contributed by atoms with Gasteiger partial charge in [0.25, 0.3) is 0 Å². The van der Waals surface area contributed by atoms with Crippen LogP contribution in [0.4, 0.5) is 20.4 Å². The molecule has 0 aliphatic carbocycles. The van der Waals surface area contributed by atoms with Gasteiger partial charge in [-0.25, -0.2) is 23.7 Å². The molecule has 2 aliphatic heterocycles. The van der Waals surface area contributed by atoms with Gasteiger partial charge in [-0.3, -0.25) is 4.79 Å². The molecule has 7 nitrogen and oxygen atoms in total. The molecule has 1 fully saturated rings. The lowest BCUT2D eigenvalue weighted by Gasteiger charge is -2.28. The second-order valence-electron chi connectivity index (χ2n) is 8.07. The van der Waals surface area contributed by atoms with Crippen molar-refractivity contribution in [2.75, 3.05) is 18.5 Å². The van der Waals surface area contributed by atoms with E-state index in [1.807, 2.05) is 0 Å². The summed E-state index contributed by atoms with van der Waals surface area (Å²) < 4.78 is 34.6. The minimum atomic E-state index is -0.811. The number of benzene rings is 1. The number of nitrogens with one attached hydrogen (secondary N) is 1. The summed E-state index contributed by atoms with van der Waals surface area (Å²) in [5.41, 5.74) is 0.168. The van der Waals surface area contributed by atoms with E-state index in [4.69, 9.17) is 4.74 Å². The first kappa shape index (κ1) is 20.5. The van der Waals surface area contributed by atoms with Crippen molar-refractivity contribution in [3.8, 4) is 11.3 Å². The molecule has 3 heterocycles. The number of halogens is 2. The number of aliphatic hydroxyl groups is 1. The van der Waals surface area contributed by atoms with Gasteiger partial charge in [-0.2, -0.15) is 0 Å². The maximum atomic E-state index is 14.8. The third-order valence-corrected chi connectivity index (χ3v) is 5.54. The van der Waals surface area contributed by atoms with E-state index in [2.05, 4.69) is 20.3 Å². The van der Waals surface area contributed by atoms with E-state index in [0.717, 1.165) is 12.3 Å². The lowest BCUT2D eigenvalue weighted by Crippen LogP contribution is -2.42. The van der Waals surface area contributed by atoms with E-state index in [0.29, 0.717) is 18.6 Å². The quantitative estimate of drug-likeness (QED) is 0.796. The number of fused-ring (bicyclic) bond motifs is 1. The topological polar surface area (TPSA) is 96.7 Å². The molecular formula is C21H22F2N4O3. The molecule has 2 aromatic rings. The van der Waals surface area contributed by atoms with Crippen LogP contribution in [0, 0.1) is 11.6 Å². The van der Waals surface area contributed by atoms with Gasteiger partial charge >= 0.3 is 0 Å². The zero-order valence-electron chi connectivity index (χ0n) is 16.9. The van der Waals surface area contributed by atoms with Crippen LogP contribution in [0.1, 0.15) is 32.8 Å². The third kappa shape index (κ3) is 3.48. The second kappa shape index (κ2) is 7.48. The number of ketones is 1. The molecule has 0 radical (unpaired) electrons. The number of nitrogens with zero attached hydrogens (tertiary/aromatic N) is 3. The van der Waals surface area contributed by atoms with Gasteiger partial charge in [-0.1, -0.05) is 0 Å². The first-order valence-electron chi connectivity index (χ1n) is 9.68. The van der Waals surface area contributed by atoms with Crippen LogP contribution in [0.25, 0.3) is 11.3 Å². The van der Waals surface area contributed by atoms with Crippen molar-refractivity contribution in [2.45, 2.75) is 44.8 Å². The number of aromatic nitrogens is 2. The largest absolute Gasteiger partial charge is 0.389 e. The van der Waals surface area contributed by atoms with Crippen molar-refractivity contribution in [2.24, 2.45) is 4.99 Å². The third-order valence-electron chi connectivity index (χ3n) is 5.54. The maximum Gasteiger partial charge on any atom is 0.223 e. The Kier molecular flexibility index (Phi) is 5.11. The highest BCUT2D eigenvalue weighted by atomic mass is 19.1. The minimum Gasteiger partial charge on any atom is -0.389 e. The number of carbonyl (C=O) groups is 1. The fraction of sp³-hybridized carbons (Fsp3) is 0.429. The van der Waals surface area contributed by atoms with Crippen LogP contribution in [0.15, 0.2) is 23.3 Å². The monoisotopic (exact) mass is 416 g/mol. The molecule has 0 bridgehead atoms. The van der Waals surface area contributed by atoms with Gasteiger partial charge in [0, 0.05) is 24.5 Å². The van der Waals surface area contributed by atoms with Crippen molar-refractivity contribution in [1.82, 2.24) is 9.97 Å². The van der Waals surface area contributed by atoms with Crippen LogP contribution in [0.2, 0.25) is 0 Å². The highest BCUT2D eigenvalue weighted by Crippen LogP contribution is 2.44. The number of carbonyl (C=O) groups excluding carboxylic acids is 1. The van der Waals surface area contributed by atoms with E-state index >= 15 is 0 Å². The molecule has 158 valence electrons. The second-order valence-corrected chi connectivity index (χ2v) is 8.07. The number of hydrogen-bond acceptors (Lipinski definition) is 7. The lowest BCUT2D eigenvalue weighted by molar-refractivity contribution is -0.111. The molecule has 2 aliphatic rings. The number of Topliss-reactive ketones (excluding diaryl/α,β-unsaturated/α-hetero) is 1. The molecule has 0 spiro atoms. The first-order chi connectivity index (χ1) is 14.2. The summed E-state index contributed by atoms with van der Waals surface area (Å²) >= 11 is 0. The number of rotatable bonds is 4. The van der Waals surface area contributed by atoms with Crippen molar-refractivity contribution in [1.29, 1.82) is 0 Å². The van der Waals surface area contributed by atoms with Gasteiger partial charge in [-0.15, -0.1) is 0 Å². The molecule has 0 unspecified atom stereocenters. The summed E-state index contributed by atoms with van der Waals surface area (Å²) in [7, 11) is 0. The van der Waals surface area contributed by atoms with Crippen LogP contribution < -0.4 is 5.32 Å². The number of anilines is 1. The minimum absolute atomic E-state index is 0.0807. The van der Waals surface area contributed by atoms with Gasteiger partial charge in [-0.05, 0) is 38.0 Å². The number of aliphatic imine (C=N–C) groups is 1. The lowest BCUT2D eigenvalue weighted by atomic mass is 9.79. The average Bonchev–Trinajstić information content (AvgIpc) is 2.96. The first-order valence-corrected chi connectivity index (χ1v) is 9.68.